The van der Waals surface area contributed by atoms with Crippen LogP contribution in [0.15, 0.2) is 72.8 Å². The Hall–Kier alpha value is -3.13. The summed E-state index contributed by atoms with van der Waals surface area (Å²) in [5, 5.41) is 0.658. The third kappa shape index (κ3) is 6.31. The van der Waals surface area contributed by atoms with E-state index in [4.69, 9.17) is 14.5 Å². The first-order valence-corrected chi connectivity index (χ1v) is 12.2. The molecule has 0 radical (unpaired) electrons. The molecule has 8 heteroatoms. The van der Waals surface area contributed by atoms with Gasteiger partial charge in [-0.05, 0) is 55.6 Å². The summed E-state index contributed by atoms with van der Waals surface area (Å²) in [6, 6.07) is 22.7. The lowest BCUT2D eigenvalue weighted by atomic mass is 10.2. The van der Waals surface area contributed by atoms with E-state index in [1.165, 1.54) is 11.3 Å². The number of anilines is 1. The summed E-state index contributed by atoms with van der Waals surface area (Å²) in [4.78, 5) is 22.6. The molecule has 0 fully saturated rings. The van der Waals surface area contributed by atoms with Crippen LogP contribution in [-0.2, 0) is 0 Å². The average molecular weight is 512 g/mol. The zero-order valence-electron chi connectivity index (χ0n) is 20.1. The van der Waals surface area contributed by atoms with Gasteiger partial charge in [0, 0.05) is 18.7 Å². The topological polar surface area (TPSA) is 54.9 Å². The van der Waals surface area contributed by atoms with Crippen molar-refractivity contribution in [2.24, 2.45) is 0 Å². The van der Waals surface area contributed by atoms with Gasteiger partial charge in [0.2, 0.25) is 0 Å². The van der Waals surface area contributed by atoms with Crippen LogP contribution in [-0.4, -0.2) is 49.1 Å². The molecule has 6 nitrogen and oxygen atoms in total. The molecule has 1 amide bonds. The Morgan fingerprint density at radius 2 is 1.63 bits per heavy atom. The highest BCUT2D eigenvalue weighted by molar-refractivity contribution is 7.22. The van der Waals surface area contributed by atoms with Gasteiger partial charge in [-0.2, -0.15) is 0 Å². The molecule has 4 aromatic rings. The normalized spacial score (nSPS) is 10.7. The van der Waals surface area contributed by atoms with Crippen LogP contribution in [0.4, 0.5) is 5.13 Å². The predicted molar refractivity (Wildman–Crippen MR) is 146 cm³/mol. The number of ether oxygens (including phenoxy) is 2. The molecular formula is C27H30ClN3O3S. The fourth-order valence-corrected chi connectivity index (χ4v) is 4.74. The first kappa shape index (κ1) is 26.5. The quantitative estimate of drug-likeness (QED) is 0.243. The molecule has 0 N–H and O–H groups in total. The molecule has 35 heavy (non-hydrogen) atoms. The third-order valence-electron chi connectivity index (χ3n) is 5.66. The number of methoxy groups -OCH3 is 1. The van der Waals surface area contributed by atoms with Gasteiger partial charge in [0.15, 0.2) is 5.13 Å². The molecule has 184 valence electrons. The summed E-state index contributed by atoms with van der Waals surface area (Å²) in [5.74, 6) is 1.94. The molecule has 3 aromatic carbocycles. The maximum Gasteiger partial charge on any atom is 0.260 e. The van der Waals surface area contributed by atoms with Crippen LogP contribution in [0, 0.1) is 0 Å². The monoisotopic (exact) mass is 511 g/mol. The fraction of sp³-hybridized carbons (Fsp3) is 0.259. The second kappa shape index (κ2) is 12.5. The molecule has 0 atom stereocenters. The van der Waals surface area contributed by atoms with E-state index < -0.39 is 0 Å². The van der Waals surface area contributed by atoms with E-state index in [0.29, 0.717) is 28.7 Å². The van der Waals surface area contributed by atoms with Gasteiger partial charge in [0.1, 0.15) is 22.8 Å². The van der Waals surface area contributed by atoms with E-state index in [1.807, 2.05) is 66.7 Å². The Balaban J connectivity index is 0.00000342. The van der Waals surface area contributed by atoms with Crippen LogP contribution in [0.1, 0.15) is 24.2 Å². The van der Waals surface area contributed by atoms with Gasteiger partial charge in [-0.15, -0.1) is 12.4 Å². The molecule has 0 saturated carbocycles. The SMILES string of the molecule is CCN(CC)CCN(C(=O)c1cccc(Oc2ccccc2)c1)c1nc2c(OC)cccc2s1.Cl. The number of carbonyl (C=O) groups is 1. The number of amides is 1. The molecule has 0 spiro atoms. The minimum absolute atomic E-state index is 0. The number of benzene rings is 3. The summed E-state index contributed by atoms with van der Waals surface area (Å²) >= 11 is 1.50. The van der Waals surface area contributed by atoms with Gasteiger partial charge in [-0.3, -0.25) is 9.69 Å². The Kier molecular flexibility index (Phi) is 9.48. The number of fused-ring (bicyclic) bond motifs is 1. The number of hydrogen-bond donors (Lipinski definition) is 0. The van der Waals surface area contributed by atoms with Crippen molar-refractivity contribution in [1.29, 1.82) is 0 Å². The minimum Gasteiger partial charge on any atom is -0.494 e. The highest BCUT2D eigenvalue weighted by atomic mass is 35.5. The van der Waals surface area contributed by atoms with Gasteiger partial charge in [-0.1, -0.05) is 55.5 Å². The number of para-hydroxylation sites is 2. The van der Waals surface area contributed by atoms with E-state index in [2.05, 4.69) is 18.7 Å². The standard InChI is InChI=1S/C27H29N3O3S.ClH/c1-4-29(5-2)17-18-30(27-28-25-23(32-3)15-10-16-24(25)34-27)26(31)20-11-9-14-22(19-20)33-21-12-7-6-8-13-21;/h6-16,19H,4-5,17-18H2,1-3H3;1H. The lowest BCUT2D eigenvalue weighted by Gasteiger charge is -2.25. The molecular weight excluding hydrogens is 482 g/mol. The van der Waals surface area contributed by atoms with Crippen LogP contribution in [0.3, 0.4) is 0 Å². The van der Waals surface area contributed by atoms with Crippen molar-refractivity contribution >= 4 is 45.0 Å². The number of thiazole rings is 1. The predicted octanol–water partition coefficient (Wildman–Crippen LogP) is 6.51. The lowest BCUT2D eigenvalue weighted by Crippen LogP contribution is -2.38. The number of hydrogen-bond acceptors (Lipinski definition) is 6. The van der Waals surface area contributed by atoms with Gasteiger partial charge in [0.05, 0.1) is 11.8 Å². The third-order valence-corrected chi connectivity index (χ3v) is 6.70. The van der Waals surface area contributed by atoms with Crippen molar-refractivity contribution in [3.05, 3.63) is 78.4 Å². The molecule has 0 aliphatic rings. The van der Waals surface area contributed by atoms with Gasteiger partial charge in [-0.25, -0.2) is 4.98 Å². The molecule has 0 unspecified atom stereocenters. The number of halogens is 1. The highest BCUT2D eigenvalue weighted by Crippen LogP contribution is 2.35. The second-order valence-electron chi connectivity index (χ2n) is 7.73. The second-order valence-corrected chi connectivity index (χ2v) is 8.74. The van der Waals surface area contributed by atoms with Crippen LogP contribution in [0.2, 0.25) is 0 Å². The molecule has 0 bridgehead atoms. The number of likely N-dealkylation sites (N-methyl/N-ethyl adjacent to an activating group) is 1. The van der Waals surface area contributed by atoms with Crippen LogP contribution in [0.5, 0.6) is 17.2 Å². The summed E-state index contributed by atoms with van der Waals surface area (Å²) < 4.78 is 12.4. The molecule has 0 aliphatic heterocycles. The smallest absolute Gasteiger partial charge is 0.260 e. The van der Waals surface area contributed by atoms with Gasteiger partial charge < -0.3 is 14.4 Å². The molecule has 1 aromatic heterocycles. The number of nitrogens with zero attached hydrogens (tertiary/aromatic N) is 3. The van der Waals surface area contributed by atoms with Crippen molar-refractivity contribution in [1.82, 2.24) is 9.88 Å². The van der Waals surface area contributed by atoms with Crippen LogP contribution in [0.25, 0.3) is 10.2 Å². The van der Waals surface area contributed by atoms with E-state index in [0.717, 1.165) is 35.6 Å². The first-order chi connectivity index (χ1) is 16.6. The average Bonchev–Trinajstić information content (AvgIpc) is 3.31. The Morgan fingerprint density at radius 1 is 0.914 bits per heavy atom. The van der Waals surface area contributed by atoms with Crippen molar-refractivity contribution < 1.29 is 14.3 Å². The van der Waals surface area contributed by atoms with E-state index in [1.54, 1.807) is 18.1 Å². The number of carbonyl (C=O) groups excluding carboxylic acids is 1. The minimum atomic E-state index is -0.108. The number of aromatic nitrogens is 1. The van der Waals surface area contributed by atoms with E-state index in [-0.39, 0.29) is 18.3 Å². The van der Waals surface area contributed by atoms with Gasteiger partial charge in [0.25, 0.3) is 5.91 Å². The Labute approximate surface area is 216 Å². The molecule has 0 aliphatic carbocycles. The number of rotatable bonds is 10. The summed E-state index contributed by atoms with van der Waals surface area (Å²) in [7, 11) is 1.63. The lowest BCUT2D eigenvalue weighted by molar-refractivity contribution is 0.0983. The summed E-state index contributed by atoms with van der Waals surface area (Å²) in [5.41, 5.74) is 1.32. The van der Waals surface area contributed by atoms with Crippen LogP contribution >= 0.6 is 23.7 Å². The first-order valence-electron chi connectivity index (χ1n) is 11.4. The fourth-order valence-electron chi connectivity index (χ4n) is 3.73. The zero-order chi connectivity index (χ0) is 23.9. The molecule has 0 saturated heterocycles. The van der Waals surface area contributed by atoms with Crippen molar-refractivity contribution in [3.63, 3.8) is 0 Å². The maximum atomic E-state index is 13.8. The molecule has 4 rings (SSSR count). The molecule has 1 heterocycles. The largest absolute Gasteiger partial charge is 0.494 e. The van der Waals surface area contributed by atoms with Crippen molar-refractivity contribution in [2.75, 3.05) is 38.2 Å². The van der Waals surface area contributed by atoms with Gasteiger partial charge >= 0.3 is 0 Å². The Morgan fingerprint density at radius 3 is 2.34 bits per heavy atom. The van der Waals surface area contributed by atoms with E-state index in [9.17, 15) is 4.79 Å². The van der Waals surface area contributed by atoms with E-state index >= 15 is 0 Å². The zero-order valence-corrected chi connectivity index (χ0v) is 21.8. The maximum absolute atomic E-state index is 13.8. The summed E-state index contributed by atoms with van der Waals surface area (Å²) in [6.07, 6.45) is 0. The van der Waals surface area contributed by atoms with Crippen LogP contribution < -0.4 is 14.4 Å². The van der Waals surface area contributed by atoms with Crippen molar-refractivity contribution in [3.8, 4) is 17.2 Å². The highest BCUT2D eigenvalue weighted by Gasteiger charge is 2.23. The van der Waals surface area contributed by atoms with Crippen molar-refractivity contribution in [2.45, 2.75) is 13.8 Å². The summed E-state index contributed by atoms with van der Waals surface area (Å²) in [6.45, 7) is 7.39. The Bertz CT molecular complexity index is 1240.